The van der Waals surface area contributed by atoms with Gasteiger partial charge in [0.1, 0.15) is 5.75 Å². The summed E-state index contributed by atoms with van der Waals surface area (Å²) >= 11 is 0. The van der Waals surface area contributed by atoms with E-state index in [1.165, 1.54) is 18.0 Å². The van der Waals surface area contributed by atoms with Gasteiger partial charge in [0.05, 0.1) is 12.7 Å². The number of benzene rings is 1. The summed E-state index contributed by atoms with van der Waals surface area (Å²) in [6.45, 7) is 0. The first-order valence-corrected chi connectivity index (χ1v) is 6.95. The third kappa shape index (κ3) is 2.68. The van der Waals surface area contributed by atoms with Crippen LogP contribution in [0.15, 0.2) is 59.7 Å². The van der Waals surface area contributed by atoms with Gasteiger partial charge in [0.15, 0.2) is 5.76 Å². The summed E-state index contributed by atoms with van der Waals surface area (Å²) in [7, 11) is 1.46. The van der Waals surface area contributed by atoms with E-state index in [4.69, 9.17) is 15.2 Å². The molecule has 1 atom stereocenters. The molecule has 1 aliphatic heterocycles. The van der Waals surface area contributed by atoms with Crippen molar-refractivity contribution >= 4 is 12.1 Å². The van der Waals surface area contributed by atoms with E-state index in [1.54, 1.807) is 42.7 Å². The lowest BCUT2D eigenvalue weighted by Crippen LogP contribution is -2.41. The molecule has 0 saturated heterocycles. The van der Waals surface area contributed by atoms with Crippen LogP contribution in [0.2, 0.25) is 0 Å². The van der Waals surface area contributed by atoms with Gasteiger partial charge in [0, 0.05) is 18.6 Å². The molecule has 0 spiro atoms. The van der Waals surface area contributed by atoms with Gasteiger partial charge in [-0.3, -0.25) is 0 Å². The highest BCUT2D eigenvalue weighted by atomic mass is 16.6. The number of para-hydroxylation sites is 1. The SMILES string of the molecule is COc1ccccc1C1(O)N=C(n2cccn2)NC=C1OC(N)=O. The van der Waals surface area contributed by atoms with Crippen molar-refractivity contribution in [1.29, 1.82) is 0 Å². The number of nitrogens with zero attached hydrogens (tertiary/aromatic N) is 3. The molecule has 1 aromatic heterocycles. The van der Waals surface area contributed by atoms with E-state index < -0.39 is 11.8 Å². The largest absolute Gasteiger partial charge is 0.496 e. The van der Waals surface area contributed by atoms with Gasteiger partial charge in [-0.15, -0.1) is 0 Å². The lowest BCUT2D eigenvalue weighted by atomic mass is 9.99. The van der Waals surface area contributed by atoms with Gasteiger partial charge in [0.25, 0.3) is 5.72 Å². The molecule has 1 aromatic carbocycles. The Bertz CT molecular complexity index is 815. The Balaban J connectivity index is 2.14. The number of hydrogen-bond donors (Lipinski definition) is 3. The molecular weight excluding hydrogens is 314 g/mol. The maximum atomic E-state index is 11.2. The maximum absolute atomic E-state index is 11.2. The smallest absolute Gasteiger partial charge is 0.409 e. The van der Waals surface area contributed by atoms with Crippen LogP contribution in [0.5, 0.6) is 5.75 Å². The first kappa shape index (κ1) is 15.6. The van der Waals surface area contributed by atoms with Crippen molar-refractivity contribution in [2.45, 2.75) is 5.72 Å². The molecule has 2 heterocycles. The number of carbonyl (C=O) groups is 1. The van der Waals surface area contributed by atoms with E-state index >= 15 is 0 Å². The van der Waals surface area contributed by atoms with Gasteiger partial charge in [0.2, 0.25) is 5.96 Å². The molecule has 0 bridgehead atoms. The summed E-state index contributed by atoms with van der Waals surface area (Å²) in [5, 5.41) is 18.0. The molecule has 0 aliphatic carbocycles. The number of aromatic nitrogens is 2. The Morgan fingerprint density at radius 3 is 2.83 bits per heavy atom. The van der Waals surface area contributed by atoms with Crippen molar-refractivity contribution in [3.8, 4) is 5.75 Å². The molecule has 0 radical (unpaired) electrons. The lowest BCUT2D eigenvalue weighted by Gasteiger charge is -2.30. The number of nitrogens with two attached hydrogens (primary N) is 1. The normalized spacial score (nSPS) is 19.8. The van der Waals surface area contributed by atoms with Crippen LogP contribution in [0.3, 0.4) is 0 Å². The fourth-order valence-corrected chi connectivity index (χ4v) is 2.32. The van der Waals surface area contributed by atoms with Gasteiger partial charge in [-0.2, -0.15) is 5.10 Å². The second kappa shape index (κ2) is 6.05. The van der Waals surface area contributed by atoms with Crippen molar-refractivity contribution in [3.05, 3.63) is 60.2 Å². The molecule has 2 aromatic rings. The molecule has 1 aliphatic rings. The van der Waals surface area contributed by atoms with E-state index in [2.05, 4.69) is 15.4 Å². The van der Waals surface area contributed by atoms with Crippen molar-refractivity contribution < 1.29 is 19.4 Å². The van der Waals surface area contributed by atoms with E-state index in [1.807, 2.05) is 0 Å². The minimum absolute atomic E-state index is 0.185. The zero-order valence-electron chi connectivity index (χ0n) is 12.7. The summed E-state index contributed by atoms with van der Waals surface area (Å²) in [6, 6.07) is 8.39. The van der Waals surface area contributed by atoms with Crippen LogP contribution in [0.4, 0.5) is 4.79 Å². The molecule has 0 fully saturated rings. The fraction of sp³-hybridized carbons (Fsp3) is 0.133. The van der Waals surface area contributed by atoms with Gasteiger partial charge < -0.3 is 25.6 Å². The minimum Gasteiger partial charge on any atom is -0.496 e. The third-order valence-corrected chi connectivity index (χ3v) is 3.36. The Hall–Kier alpha value is -3.33. The average Bonchev–Trinajstić information content (AvgIpc) is 3.11. The van der Waals surface area contributed by atoms with Crippen molar-refractivity contribution in [2.24, 2.45) is 10.7 Å². The molecule has 124 valence electrons. The van der Waals surface area contributed by atoms with Crippen LogP contribution in [0.25, 0.3) is 0 Å². The van der Waals surface area contributed by atoms with E-state index in [0.29, 0.717) is 5.75 Å². The summed E-state index contributed by atoms with van der Waals surface area (Å²) in [5.74, 6) is 0.407. The molecule has 1 unspecified atom stereocenters. The molecule has 9 nitrogen and oxygen atoms in total. The Labute approximate surface area is 137 Å². The van der Waals surface area contributed by atoms with Gasteiger partial charge in [-0.05, 0) is 18.2 Å². The van der Waals surface area contributed by atoms with Crippen molar-refractivity contribution in [2.75, 3.05) is 7.11 Å². The van der Waals surface area contributed by atoms with Crippen molar-refractivity contribution in [3.63, 3.8) is 0 Å². The van der Waals surface area contributed by atoms with Crippen molar-refractivity contribution in [1.82, 2.24) is 15.1 Å². The topological polar surface area (TPSA) is 124 Å². The molecule has 0 saturated carbocycles. The maximum Gasteiger partial charge on any atom is 0.409 e. The number of ether oxygens (including phenoxy) is 2. The van der Waals surface area contributed by atoms with E-state index in [9.17, 15) is 9.90 Å². The standard InChI is InChI=1S/C15H15N5O4/c1-23-11-6-3-2-5-10(11)15(22)12(24-13(16)21)9-17-14(19-15)20-8-4-7-18-20/h2-9,22H,1H3,(H2,16,21)(H,17,19). The number of rotatable bonds is 3. The summed E-state index contributed by atoms with van der Waals surface area (Å²) in [4.78, 5) is 15.4. The number of primary amides is 1. The van der Waals surface area contributed by atoms with Crippen LogP contribution in [0.1, 0.15) is 5.56 Å². The third-order valence-electron chi connectivity index (χ3n) is 3.36. The molecule has 9 heteroatoms. The highest BCUT2D eigenvalue weighted by molar-refractivity contribution is 5.84. The molecule has 24 heavy (non-hydrogen) atoms. The second-order valence-corrected chi connectivity index (χ2v) is 4.83. The fourth-order valence-electron chi connectivity index (χ4n) is 2.32. The number of nitrogens with one attached hydrogen (secondary N) is 1. The summed E-state index contributed by atoms with van der Waals surface area (Å²) < 4.78 is 11.6. The quantitative estimate of drug-likeness (QED) is 0.752. The highest BCUT2D eigenvalue weighted by Crippen LogP contribution is 2.38. The number of aliphatic imine (C=N–C) groups is 1. The first-order chi connectivity index (χ1) is 11.5. The van der Waals surface area contributed by atoms with Crippen LogP contribution >= 0.6 is 0 Å². The molecule has 1 amide bonds. The van der Waals surface area contributed by atoms with Crippen LogP contribution in [0, 0.1) is 0 Å². The van der Waals surface area contributed by atoms with E-state index in [-0.39, 0.29) is 17.3 Å². The number of aliphatic hydroxyl groups is 1. The molecule has 4 N–H and O–H groups in total. The van der Waals surface area contributed by atoms with Crippen LogP contribution in [-0.2, 0) is 10.5 Å². The van der Waals surface area contributed by atoms with Gasteiger partial charge >= 0.3 is 6.09 Å². The minimum atomic E-state index is -2.02. The first-order valence-electron chi connectivity index (χ1n) is 6.95. The monoisotopic (exact) mass is 329 g/mol. The number of hydrogen-bond acceptors (Lipinski definition) is 7. The number of amides is 1. The van der Waals surface area contributed by atoms with E-state index in [0.717, 1.165) is 0 Å². The zero-order chi connectivity index (χ0) is 17.2. The zero-order valence-corrected chi connectivity index (χ0v) is 12.7. The molecule has 3 rings (SSSR count). The lowest BCUT2D eigenvalue weighted by molar-refractivity contribution is 0.0279. The van der Waals surface area contributed by atoms with Gasteiger partial charge in [-0.1, -0.05) is 12.1 Å². The Morgan fingerprint density at radius 1 is 1.38 bits per heavy atom. The Kier molecular flexibility index (Phi) is 3.92. The number of carbonyl (C=O) groups excluding carboxylic acids is 1. The Morgan fingerprint density at radius 2 is 2.17 bits per heavy atom. The van der Waals surface area contributed by atoms with Crippen LogP contribution in [-0.4, -0.2) is 34.0 Å². The predicted molar refractivity (Wildman–Crippen MR) is 83.8 cm³/mol. The van der Waals surface area contributed by atoms with Crippen LogP contribution < -0.4 is 15.8 Å². The number of methoxy groups -OCH3 is 1. The average molecular weight is 329 g/mol. The predicted octanol–water partition coefficient (Wildman–Crippen LogP) is 0.481. The summed E-state index contributed by atoms with van der Waals surface area (Å²) in [6.07, 6.45) is 3.42. The summed E-state index contributed by atoms with van der Waals surface area (Å²) in [5.41, 5.74) is 3.35. The van der Waals surface area contributed by atoms with Gasteiger partial charge in [-0.25, -0.2) is 14.5 Å². The second-order valence-electron chi connectivity index (χ2n) is 4.83. The molecular formula is C15H15N5O4. The highest BCUT2D eigenvalue weighted by Gasteiger charge is 2.42.